The van der Waals surface area contributed by atoms with E-state index in [1.807, 2.05) is 44.2 Å². The predicted molar refractivity (Wildman–Crippen MR) is 106 cm³/mol. The molecule has 5 nitrogen and oxygen atoms in total. The summed E-state index contributed by atoms with van der Waals surface area (Å²) >= 11 is 3.42. The van der Waals surface area contributed by atoms with Crippen LogP contribution in [0.15, 0.2) is 40.9 Å². The van der Waals surface area contributed by atoms with Crippen molar-refractivity contribution >= 4 is 39.1 Å². The van der Waals surface area contributed by atoms with Gasteiger partial charge in [-0.1, -0.05) is 12.1 Å². The Bertz CT molecular complexity index is 847. The highest BCUT2D eigenvalue weighted by Gasteiger charge is 2.29. The topological polar surface area (TPSA) is 67.4 Å². The van der Waals surface area contributed by atoms with Gasteiger partial charge in [-0.15, -0.1) is 0 Å². The van der Waals surface area contributed by atoms with Gasteiger partial charge in [-0.2, -0.15) is 0 Å². The summed E-state index contributed by atoms with van der Waals surface area (Å²) in [6.07, 6.45) is 1.90. The van der Waals surface area contributed by atoms with Crippen molar-refractivity contribution in [3.63, 3.8) is 0 Å². The molecular weight excluding hydrogens is 396 g/mol. The zero-order chi connectivity index (χ0) is 18.7. The molecule has 1 fully saturated rings. The number of nitrogens with one attached hydrogen (secondary N) is 2. The highest BCUT2D eigenvalue weighted by molar-refractivity contribution is 9.10. The summed E-state index contributed by atoms with van der Waals surface area (Å²) in [5.74, 6) is 0.533. The Morgan fingerprint density at radius 3 is 2.58 bits per heavy atom. The standard InChI is InChI=1S/C20H21BrN2O3/c1-12-3-8-18(16(21)9-12)26-11-19(24)22-15-7-4-13(2)17(10-15)23-20(25)14-5-6-14/h3-4,7-10,14H,5-6,11H2,1-2H3,(H,22,24)(H,23,25). The van der Waals surface area contributed by atoms with Gasteiger partial charge in [0.1, 0.15) is 5.75 Å². The SMILES string of the molecule is Cc1ccc(OCC(=O)Nc2ccc(C)c(NC(=O)C3CC3)c2)c(Br)c1. The number of carbonyl (C=O) groups excluding carboxylic acids is 2. The summed E-state index contributed by atoms with van der Waals surface area (Å²) < 4.78 is 6.37. The molecule has 136 valence electrons. The lowest BCUT2D eigenvalue weighted by Gasteiger charge is -2.12. The number of hydrogen-bond donors (Lipinski definition) is 2. The zero-order valence-corrected chi connectivity index (χ0v) is 16.4. The van der Waals surface area contributed by atoms with Gasteiger partial charge < -0.3 is 15.4 Å². The van der Waals surface area contributed by atoms with Gasteiger partial charge in [-0.25, -0.2) is 0 Å². The molecule has 1 saturated carbocycles. The van der Waals surface area contributed by atoms with E-state index in [9.17, 15) is 9.59 Å². The third kappa shape index (κ3) is 4.85. The third-order valence-corrected chi connectivity index (χ3v) is 4.79. The Balaban J connectivity index is 1.59. The van der Waals surface area contributed by atoms with Crippen molar-refractivity contribution < 1.29 is 14.3 Å². The molecule has 0 radical (unpaired) electrons. The Morgan fingerprint density at radius 1 is 1.12 bits per heavy atom. The molecule has 0 aliphatic heterocycles. The minimum Gasteiger partial charge on any atom is -0.483 e. The van der Waals surface area contributed by atoms with Crippen molar-refractivity contribution in [3.8, 4) is 5.75 Å². The number of halogens is 1. The number of benzene rings is 2. The lowest BCUT2D eigenvalue weighted by atomic mass is 10.1. The Hall–Kier alpha value is -2.34. The maximum Gasteiger partial charge on any atom is 0.262 e. The third-order valence-electron chi connectivity index (χ3n) is 4.17. The fourth-order valence-corrected chi connectivity index (χ4v) is 3.09. The van der Waals surface area contributed by atoms with Crippen LogP contribution in [0.5, 0.6) is 5.75 Å². The number of aryl methyl sites for hydroxylation is 2. The van der Waals surface area contributed by atoms with Gasteiger partial charge in [0.25, 0.3) is 5.91 Å². The average molecular weight is 417 g/mol. The molecule has 0 spiro atoms. The van der Waals surface area contributed by atoms with Crippen molar-refractivity contribution in [1.82, 2.24) is 0 Å². The molecule has 0 aromatic heterocycles. The first kappa shape index (κ1) is 18.5. The molecule has 1 aliphatic rings. The fourth-order valence-electron chi connectivity index (χ4n) is 2.48. The van der Waals surface area contributed by atoms with Gasteiger partial charge in [0.05, 0.1) is 4.47 Å². The monoisotopic (exact) mass is 416 g/mol. The van der Waals surface area contributed by atoms with Crippen LogP contribution in [0.2, 0.25) is 0 Å². The van der Waals surface area contributed by atoms with Crippen molar-refractivity contribution in [2.75, 3.05) is 17.2 Å². The summed E-state index contributed by atoms with van der Waals surface area (Å²) in [6.45, 7) is 3.81. The summed E-state index contributed by atoms with van der Waals surface area (Å²) in [7, 11) is 0. The molecule has 2 aromatic rings. The van der Waals surface area contributed by atoms with E-state index in [1.54, 1.807) is 6.07 Å². The van der Waals surface area contributed by atoms with Gasteiger partial charge in [0, 0.05) is 17.3 Å². The maximum atomic E-state index is 12.2. The van der Waals surface area contributed by atoms with E-state index >= 15 is 0 Å². The highest BCUT2D eigenvalue weighted by atomic mass is 79.9. The molecule has 0 saturated heterocycles. The number of ether oxygens (including phenoxy) is 1. The molecule has 6 heteroatoms. The minimum atomic E-state index is -0.263. The second kappa shape index (κ2) is 7.91. The van der Waals surface area contributed by atoms with Gasteiger partial charge in [-0.05, 0) is 78.0 Å². The van der Waals surface area contributed by atoms with Crippen LogP contribution in [0.4, 0.5) is 11.4 Å². The molecule has 26 heavy (non-hydrogen) atoms. The quantitative estimate of drug-likeness (QED) is 0.731. The first-order chi connectivity index (χ1) is 12.4. The van der Waals surface area contributed by atoms with Gasteiger partial charge in [0.15, 0.2) is 6.61 Å². The summed E-state index contributed by atoms with van der Waals surface area (Å²) in [6, 6.07) is 11.1. The average Bonchev–Trinajstić information content (AvgIpc) is 3.42. The smallest absolute Gasteiger partial charge is 0.262 e. The van der Waals surface area contributed by atoms with Crippen LogP contribution >= 0.6 is 15.9 Å². The lowest BCUT2D eigenvalue weighted by Crippen LogP contribution is -2.20. The van der Waals surface area contributed by atoms with Crippen molar-refractivity contribution in [2.45, 2.75) is 26.7 Å². The van der Waals surface area contributed by atoms with Crippen LogP contribution in [0, 0.1) is 19.8 Å². The van der Waals surface area contributed by atoms with Gasteiger partial charge in [-0.3, -0.25) is 9.59 Å². The molecule has 1 aliphatic carbocycles. The van der Waals surface area contributed by atoms with Gasteiger partial charge >= 0.3 is 0 Å². The lowest BCUT2D eigenvalue weighted by molar-refractivity contribution is -0.118. The number of anilines is 2. The second-order valence-electron chi connectivity index (χ2n) is 6.56. The number of hydrogen-bond acceptors (Lipinski definition) is 3. The van der Waals surface area contributed by atoms with Crippen LogP contribution in [0.25, 0.3) is 0 Å². The van der Waals surface area contributed by atoms with Crippen LogP contribution in [0.1, 0.15) is 24.0 Å². The Kier molecular flexibility index (Phi) is 5.61. The second-order valence-corrected chi connectivity index (χ2v) is 7.42. The van der Waals surface area contributed by atoms with Crippen molar-refractivity contribution in [3.05, 3.63) is 52.0 Å². The molecule has 0 heterocycles. The van der Waals surface area contributed by atoms with E-state index in [2.05, 4.69) is 26.6 Å². The van der Waals surface area contributed by atoms with E-state index in [1.165, 1.54) is 0 Å². The normalized spacial score (nSPS) is 13.2. The molecule has 2 amide bonds. The van der Waals surface area contributed by atoms with Crippen LogP contribution in [-0.4, -0.2) is 18.4 Å². The first-order valence-electron chi connectivity index (χ1n) is 8.52. The number of carbonyl (C=O) groups is 2. The van der Waals surface area contributed by atoms with Crippen LogP contribution in [-0.2, 0) is 9.59 Å². The van der Waals surface area contributed by atoms with E-state index in [-0.39, 0.29) is 24.3 Å². The molecule has 0 atom stereocenters. The molecule has 2 N–H and O–H groups in total. The zero-order valence-electron chi connectivity index (χ0n) is 14.8. The molecule has 0 unspecified atom stereocenters. The van der Waals surface area contributed by atoms with Crippen LogP contribution in [0.3, 0.4) is 0 Å². The molecule has 3 rings (SSSR count). The summed E-state index contributed by atoms with van der Waals surface area (Å²) in [5, 5.41) is 5.73. The van der Waals surface area contributed by atoms with E-state index in [0.717, 1.165) is 34.1 Å². The Morgan fingerprint density at radius 2 is 1.88 bits per heavy atom. The van der Waals surface area contributed by atoms with E-state index in [4.69, 9.17) is 4.74 Å². The van der Waals surface area contributed by atoms with Crippen molar-refractivity contribution in [1.29, 1.82) is 0 Å². The van der Waals surface area contributed by atoms with Crippen molar-refractivity contribution in [2.24, 2.45) is 5.92 Å². The van der Waals surface area contributed by atoms with E-state index in [0.29, 0.717) is 11.4 Å². The first-order valence-corrected chi connectivity index (χ1v) is 9.32. The maximum absolute atomic E-state index is 12.2. The molecule has 2 aromatic carbocycles. The molecular formula is C20H21BrN2O3. The summed E-state index contributed by atoms with van der Waals surface area (Å²) in [5.41, 5.74) is 3.41. The van der Waals surface area contributed by atoms with Crippen LogP contribution < -0.4 is 15.4 Å². The van der Waals surface area contributed by atoms with E-state index < -0.39 is 0 Å². The van der Waals surface area contributed by atoms with Gasteiger partial charge in [0.2, 0.25) is 5.91 Å². The summed E-state index contributed by atoms with van der Waals surface area (Å²) in [4.78, 5) is 24.1. The minimum absolute atomic E-state index is 0.0455. The highest BCUT2D eigenvalue weighted by Crippen LogP contribution is 2.31. The number of amides is 2. The molecule has 0 bridgehead atoms. The Labute approximate surface area is 161 Å². The largest absolute Gasteiger partial charge is 0.483 e. The predicted octanol–water partition coefficient (Wildman–Crippen LogP) is 4.43. The fraction of sp³-hybridized carbons (Fsp3) is 0.300. The number of rotatable bonds is 6.